The van der Waals surface area contributed by atoms with Gasteiger partial charge in [-0.2, -0.15) is 0 Å². The molecule has 0 N–H and O–H groups in total. The van der Waals surface area contributed by atoms with Crippen LogP contribution in [-0.4, -0.2) is 14.2 Å². The van der Waals surface area contributed by atoms with E-state index in [1.807, 2.05) is 24.3 Å². The van der Waals surface area contributed by atoms with Crippen molar-refractivity contribution >= 4 is 49.3 Å². The van der Waals surface area contributed by atoms with E-state index in [4.69, 9.17) is 9.47 Å². The minimum Gasteiger partial charge on any atom is -0.496 e. The van der Waals surface area contributed by atoms with Crippen molar-refractivity contribution in [3.8, 4) is 11.5 Å². The molecule has 0 saturated heterocycles. The normalized spacial score (nSPS) is 10.5. The average molecular weight is 393 g/mol. The highest BCUT2D eigenvalue weighted by molar-refractivity contribution is 14.1. The van der Waals surface area contributed by atoms with Crippen LogP contribution in [0.25, 0.3) is 10.8 Å². The van der Waals surface area contributed by atoms with Crippen LogP contribution in [0, 0.1) is 3.57 Å². The van der Waals surface area contributed by atoms with Crippen LogP contribution in [0.4, 0.5) is 0 Å². The van der Waals surface area contributed by atoms with Gasteiger partial charge in [0.2, 0.25) is 0 Å². The Balaban J connectivity index is 2.78. The summed E-state index contributed by atoms with van der Waals surface area (Å²) in [6, 6.07) is 7.99. The predicted octanol–water partition coefficient (Wildman–Crippen LogP) is 4.22. The standard InChI is InChI=1S/C12H10BrIO2/c1-15-9-5-4-8-7(11(9)13)3-6-10(16-2)12(8)14/h3-6H,1-2H3. The van der Waals surface area contributed by atoms with E-state index < -0.39 is 0 Å². The molecule has 0 fully saturated rings. The van der Waals surface area contributed by atoms with Gasteiger partial charge < -0.3 is 9.47 Å². The Morgan fingerprint density at radius 1 is 0.938 bits per heavy atom. The van der Waals surface area contributed by atoms with Gasteiger partial charge in [-0.15, -0.1) is 0 Å². The Bertz CT molecular complexity index is 491. The van der Waals surface area contributed by atoms with E-state index in [2.05, 4.69) is 38.5 Å². The maximum absolute atomic E-state index is 5.30. The molecule has 4 heteroatoms. The van der Waals surface area contributed by atoms with Crippen LogP contribution in [0.3, 0.4) is 0 Å². The fourth-order valence-corrected chi connectivity index (χ4v) is 3.12. The van der Waals surface area contributed by atoms with Gasteiger partial charge in [0.05, 0.1) is 22.3 Å². The van der Waals surface area contributed by atoms with Gasteiger partial charge in [-0.25, -0.2) is 0 Å². The Labute approximate surface area is 116 Å². The molecule has 0 aliphatic heterocycles. The quantitative estimate of drug-likeness (QED) is 0.712. The molecule has 0 amide bonds. The van der Waals surface area contributed by atoms with Gasteiger partial charge in [0.1, 0.15) is 11.5 Å². The molecule has 0 saturated carbocycles. The van der Waals surface area contributed by atoms with E-state index >= 15 is 0 Å². The van der Waals surface area contributed by atoms with Crippen molar-refractivity contribution in [1.29, 1.82) is 0 Å². The molecule has 2 aromatic rings. The number of ether oxygens (including phenoxy) is 2. The Morgan fingerprint density at radius 3 is 2.12 bits per heavy atom. The highest BCUT2D eigenvalue weighted by Crippen LogP contribution is 2.37. The molecule has 0 bridgehead atoms. The van der Waals surface area contributed by atoms with Crippen LogP contribution in [0.15, 0.2) is 28.7 Å². The lowest BCUT2D eigenvalue weighted by molar-refractivity contribution is 0.411. The van der Waals surface area contributed by atoms with Crippen LogP contribution in [-0.2, 0) is 0 Å². The summed E-state index contributed by atoms with van der Waals surface area (Å²) in [4.78, 5) is 0. The molecule has 0 aromatic heterocycles. The fraction of sp³-hybridized carbons (Fsp3) is 0.167. The lowest BCUT2D eigenvalue weighted by atomic mass is 10.1. The molecular formula is C12H10BrIO2. The lowest BCUT2D eigenvalue weighted by Gasteiger charge is -2.10. The van der Waals surface area contributed by atoms with Crippen molar-refractivity contribution in [2.24, 2.45) is 0 Å². The molecule has 0 spiro atoms. The van der Waals surface area contributed by atoms with Crippen molar-refractivity contribution in [1.82, 2.24) is 0 Å². The number of hydrogen-bond donors (Lipinski definition) is 0. The lowest BCUT2D eigenvalue weighted by Crippen LogP contribution is -1.90. The van der Waals surface area contributed by atoms with E-state index in [0.717, 1.165) is 30.3 Å². The molecule has 0 unspecified atom stereocenters. The summed E-state index contributed by atoms with van der Waals surface area (Å²) in [5.41, 5.74) is 0. The first kappa shape index (κ1) is 12.0. The van der Waals surface area contributed by atoms with E-state index in [-0.39, 0.29) is 0 Å². The summed E-state index contributed by atoms with van der Waals surface area (Å²) in [6.45, 7) is 0. The van der Waals surface area contributed by atoms with Crippen molar-refractivity contribution in [3.05, 3.63) is 32.3 Å². The summed E-state index contributed by atoms with van der Waals surface area (Å²) in [6.07, 6.45) is 0. The van der Waals surface area contributed by atoms with Gasteiger partial charge in [0, 0.05) is 10.8 Å². The largest absolute Gasteiger partial charge is 0.496 e. The molecule has 0 atom stereocenters. The summed E-state index contributed by atoms with van der Waals surface area (Å²) in [7, 11) is 3.35. The summed E-state index contributed by atoms with van der Waals surface area (Å²) in [5.74, 6) is 1.73. The minimum atomic E-state index is 0.841. The first-order valence-electron chi connectivity index (χ1n) is 4.67. The number of hydrogen-bond acceptors (Lipinski definition) is 2. The summed E-state index contributed by atoms with van der Waals surface area (Å²) < 4.78 is 12.7. The van der Waals surface area contributed by atoms with Crippen LogP contribution in [0.2, 0.25) is 0 Å². The van der Waals surface area contributed by atoms with Crippen molar-refractivity contribution < 1.29 is 9.47 Å². The van der Waals surface area contributed by atoms with Crippen LogP contribution >= 0.6 is 38.5 Å². The third-order valence-corrected chi connectivity index (χ3v) is 4.37. The smallest absolute Gasteiger partial charge is 0.133 e. The SMILES string of the molecule is COc1ccc2c(I)c(OC)ccc2c1Br. The predicted molar refractivity (Wildman–Crippen MR) is 77.5 cm³/mol. The van der Waals surface area contributed by atoms with Gasteiger partial charge >= 0.3 is 0 Å². The molecular weight excluding hydrogens is 383 g/mol. The monoisotopic (exact) mass is 392 g/mol. The first-order valence-corrected chi connectivity index (χ1v) is 6.55. The van der Waals surface area contributed by atoms with Gasteiger partial charge in [0.15, 0.2) is 0 Å². The second kappa shape index (κ2) is 4.79. The zero-order chi connectivity index (χ0) is 11.7. The van der Waals surface area contributed by atoms with E-state index in [1.165, 1.54) is 0 Å². The third-order valence-electron chi connectivity index (χ3n) is 2.44. The van der Waals surface area contributed by atoms with Gasteiger partial charge in [-0.1, -0.05) is 0 Å². The Morgan fingerprint density at radius 2 is 1.50 bits per heavy atom. The zero-order valence-corrected chi connectivity index (χ0v) is 12.6. The molecule has 0 aliphatic rings. The number of rotatable bonds is 2. The molecule has 0 radical (unpaired) electrons. The van der Waals surface area contributed by atoms with E-state index in [0.29, 0.717) is 0 Å². The molecule has 2 nitrogen and oxygen atoms in total. The van der Waals surface area contributed by atoms with Gasteiger partial charge in [0.25, 0.3) is 0 Å². The minimum absolute atomic E-state index is 0.841. The maximum atomic E-state index is 5.30. The van der Waals surface area contributed by atoms with Gasteiger partial charge in [-0.3, -0.25) is 0 Å². The van der Waals surface area contributed by atoms with Crippen LogP contribution < -0.4 is 9.47 Å². The number of halogens is 2. The fourth-order valence-electron chi connectivity index (χ4n) is 1.61. The van der Waals surface area contributed by atoms with Crippen molar-refractivity contribution in [3.63, 3.8) is 0 Å². The summed E-state index contributed by atoms with van der Waals surface area (Å²) >= 11 is 5.85. The summed E-state index contributed by atoms with van der Waals surface area (Å²) in [5, 5.41) is 2.29. The molecule has 2 aromatic carbocycles. The molecule has 2 rings (SSSR count). The maximum Gasteiger partial charge on any atom is 0.133 e. The number of fused-ring (bicyclic) bond motifs is 1. The molecule has 0 heterocycles. The first-order chi connectivity index (χ1) is 7.69. The van der Waals surface area contributed by atoms with E-state index in [1.54, 1.807) is 14.2 Å². The Hall–Kier alpha value is -0.490. The second-order valence-corrected chi connectivity index (χ2v) is 5.13. The second-order valence-electron chi connectivity index (χ2n) is 3.26. The average Bonchev–Trinajstić information content (AvgIpc) is 2.31. The topological polar surface area (TPSA) is 18.5 Å². The van der Waals surface area contributed by atoms with Crippen LogP contribution in [0.5, 0.6) is 11.5 Å². The molecule has 16 heavy (non-hydrogen) atoms. The van der Waals surface area contributed by atoms with Crippen molar-refractivity contribution in [2.45, 2.75) is 0 Å². The number of benzene rings is 2. The van der Waals surface area contributed by atoms with E-state index in [9.17, 15) is 0 Å². The Kier molecular flexibility index (Phi) is 3.59. The highest BCUT2D eigenvalue weighted by atomic mass is 127. The number of methoxy groups -OCH3 is 2. The zero-order valence-electron chi connectivity index (χ0n) is 8.88. The van der Waals surface area contributed by atoms with Gasteiger partial charge in [-0.05, 0) is 62.8 Å². The third kappa shape index (κ3) is 1.88. The van der Waals surface area contributed by atoms with Crippen LogP contribution in [0.1, 0.15) is 0 Å². The highest BCUT2D eigenvalue weighted by Gasteiger charge is 2.10. The molecule has 84 valence electrons. The molecule has 0 aliphatic carbocycles. The van der Waals surface area contributed by atoms with Crippen molar-refractivity contribution in [2.75, 3.05) is 14.2 Å².